The number of hydrogen-bond acceptors (Lipinski definition) is 4. The highest BCUT2D eigenvalue weighted by Crippen LogP contribution is 2.39. The molecule has 1 amide bonds. The van der Waals surface area contributed by atoms with Gasteiger partial charge in [0, 0.05) is 16.1 Å². The first kappa shape index (κ1) is 21.3. The van der Waals surface area contributed by atoms with Crippen LogP contribution in [-0.2, 0) is 14.8 Å². The Labute approximate surface area is 196 Å². The third-order valence-corrected chi connectivity index (χ3v) is 7.49. The molecule has 0 spiro atoms. The van der Waals surface area contributed by atoms with Crippen molar-refractivity contribution in [3.05, 3.63) is 96.0 Å². The average molecular weight is 479 g/mol. The largest absolute Gasteiger partial charge is 0.476 e. The van der Waals surface area contributed by atoms with Crippen LogP contribution in [0.4, 0.5) is 11.4 Å². The lowest BCUT2D eigenvalue weighted by Gasteiger charge is -2.35. The van der Waals surface area contributed by atoms with Crippen LogP contribution < -0.4 is 14.4 Å². The van der Waals surface area contributed by atoms with Crippen LogP contribution in [0.2, 0.25) is 5.02 Å². The molecule has 0 aliphatic carbocycles. The Morgan fingerprint density at radius 2 is 1.67 bits per heavy atom. The van der Waals surface area contributed by atoms with E-state index in [1.165, 1.54) is 22.5 Å². The standard InChI is InChI=1S/C25H19ClN2O4S/c26-18-13-14-23-22(15-18)28(33(30,31)19-9-2-1-3-10-19)16-24(32-23)25(29)27-21-12-6-8-17-7-4-5-11-20(17)21/h1-15,24H,16H2,(H,27,29). The third-order valence-electron chi connectivity index (χ3n) is 5.46. The number of nitrogens with zero attached hydrogens (tertiary/aromatic N) is 1. The molecule has 1 aliphatic heterocycles. The summed E-state index contributed by atoms with van der Waals surface area (Å²) in [4.78, 5) is 13.3. The van der Waals surface area contributed by atoms with Gasteiger partial charge in [-0.2, -0.15) is 0 Å². The number of nitrogens with one attached hydrogen (secondary N) is 1. The van der Waals surface area contributed by atoms with Crippen LogP contribution in [-0.4, -0.2) is 27.0 Å². The molecular weight excluding hydrogens is 460 g/mol. The lowest BCUT2D eigenvalue weighted by atomic mass is 10.1. The fourth-order valence-electron chi connectivity index (χ4n) is 3.86. The summed E-state index contributed by atoms with van der Waals surface area (Å²) in [5.74, 6) is -0.177. The van der Waals surface area contributed by atoms with E-state index in [2.05, 4.69) is 5.32 Å². The van der Waals surface area contributed by atoms with E-state index in [9.17, 15) is 13.2 Å². The third kappa shape index (κ3) is 4.01. The van der Waals surface area contributed by atoms with Crippen LogP contribution >= 0.6 is 11.6 Å². The zero-order chi connectivity index (χ0) is 23.0. The maximum absolute atomic E-state index is 13.5. The summed E-state index contributed by atoms with van der Waals surface area (Å²) in [5, 5.41) is 5.12. The lowest BCUT2D eigenvalue weighted by Crippen LogP contribution is -2.48. The van der Waals surface area contributed by atoms with Gasteiger partial charge >= 0.3 is 0 Å². The fourth-order valence-corrected chi connectivity index (χ4v) is 5.51. The van der Waals surface area contributed by atoms with Crippen LogP contribution in [0.1, 0.15) is 0 Å². The zero-order valence-electron chi connectivity index (χ0n) is 17.3. The van der Waals surface area contributed by atoms with E-state index in [0.29, 0.717) is 16.4 Å². The van der Waals surface area contributed by atoms with E-state index in [0.717, 1.165) is 10.8 Å². The summed E-state index contributed by atoms with van der Waals surface area (Å²) >= 11 is 6.14. The van der Waals surface area contributed by atoms with Gasteiger partial charge in [-0.1, -0.05) is 66.2 Å². The molecule has 5 rings (SSSR count). The zero-order valence-corrected chi connectivity index (χ0v) is 18.9. The highest BCUT2D eigenvalue weighted by molar-refractivity contribution is 7.92. The monoisotopic (exact) mass is 478 g/mol. The van der Waals surface area contributed by atoms with Gasteiger partial charge in [0.15, 0.2) is 6.10 Å². The fraction of sp³-hybridized carbons (Fsp3) is 0.0800. The van der Waals surface area contributed by atoms with Gasteiger partial charge in [0.2, 0.25) is 0 Å². The molecule has 8 heteroatoms. The topological polar surface area (TPSA) is 75.7 Å². The van der Waals surface area contributed by atoms with Crippen LogP contribution in [0.3, 0.4) is 0 Å². The quantitative estimate of drug-likeness (QED) is 0.443. The van der Waals surface area contributed by atoms with Crippen molar-refractivity contribution >= 4 is 49.7 Å². The molecule has 0 saturated carbocycles. The molecule has 0 aromatic heterocycles. The summed E-state index contributed by atoms with van der Waals surface area (Å²) < 4.78 is 34.0. The predicted octanol–water partition coefficient (Wildman–Crippen LogP) is 5.09. The second kappa shape index (κ2) is 8.42. The average Bonchev–Trinajstić information content (AvgIpc) is 2.84. The first-order valence-electron chi connectivity index (χ1n) is 10.3. The van der Waals surface area contributed by atoms with Crippen molar-refractivity contribution < 1.29 is 17.9 Å². The number of carbonyl (C=O) groups excluding carboxylic acids is 1. The second-order valence-electron chi connectivity index (χ2n) is 7.58. The molecule has 1 N–H and O–H groups in total. The van der Waals surface area contributed by atoms with Gasteiger partial charge in [0.25, 0.3) is 15.9 Å². The molecule has 0 saturated heterocycles. The Balaban J connectivity index is 1.51. The highest BCUT2D eigenvalue weighted by atomic mass is 35.5. The Morgan fingerprint density at radius 1 is 0.939 bits per heavy atom. The van der Waals surface area contributed by atoms with Crippen molar-refractivity contribution in [3.8, 4) is 5.75 Å². The lowest BCUT2D eigenvalue weighted by molar-refractivity contribution is -0.122. The first-order valence-corrected chi connectivity index (χ1v) is 12.1. The molecule has 0 bridgehead atoms. The first-order chi connectivity index (χ1) is 15.9. The Hall–Kier alpha value is -3.55. The molecule has 1 unspecified atom stereocenters. The summed E-state index contributed by atoms with van der Waals surface area (Å²) in [6.07, 6.45) is -1.06. The maximum atomic E-state index is 13.5. The van der Waals surface area contributed by atoms with Crippen LogP contribution in [0.25, 0.3) is 10.8 Å². The minimum absolute atomic E-state index is 0.117. The molecule has 33 heavy (non-hydrogen) atoms. The van der Waals surface area contributed by atoms with E-state index in [4.69, 9.17) is 16.3 Å². The summed E-state index contributed by atoms with van der Waals surface area (Å²) in [6.45, 7) is -0.193. The predicted molar refractivity (Wildman–Crippen MR) is 129 cm³/mol. The Kier molecular flexibility index (Phi) is 5.44. The minimum atomic E-state index is -3.95. The van der Waals surface area contributed by atoms with Gasteiger partial charge in [0.05, 0.1) is 17.1 Å². The highest BCUT2D eigenvalue weighted by Gasteiger charge is 2.37. The number of sulfonamides is 1. The number of benzene rings is 4. The van der Waals surface area contributed by atoms with Gasteiger partial charge in [-0.3, -0.25) is 9.10 Å². The van der Waals surface area contributed by atoms with Crippen molar-refractivity contribution in [1.29, 1.82) is 0 Å². The van der Waals surface area contributed by atoms with E-state index in [1.807, 2.05) is 36.4 Å². The molecule has 0 radical (unpaired) electrons. The number of halogens is 1. The molecule has 166 valence electrons. The Bertz CT molecular complexity index is 1450. The normalized spacial score (nSPS) is 15.5. The molecule has 0 fully saturated rings. The Morgan fingerprint density at radius 3 is 2.48 bits per heavy atom. The maximum Gasteiger partial charge on any atom is 0.267 e. The number of anilines is 2. The van der Waals surface area contributed by atoms with Crippen LogP contribution in [0.15, 0.2) is 95.9 Å². The molecule has 1 aliphatic rings. The number of hydrogen-bond donors (Lipinski definition) is 1. The van der Waals surface area contributed by atoms with Crippen LogP contribution in [0, 0.1) is 0 Å². The number of ether oxygens (including phenoxy) is 1. The number of carbonyl (C=O) groups is 1. The van der Waals surface area contributed by atoms with Gasteiger partial charge < -0.3 is 10.1 Å². The smallest absolute Gasteiger partial charge is 0.267 e. The van der Waals surface area contributed by atoms with Crippen molar-refractivity contribution in [3.63, 3.8) is 0 Å². The van der Waals surface area contributed by atoms with Crippen LogP contribution in [0.5, 0.6) is 5.75 Å². The van der Waals surface area contributed by atoms with Gasteiger partial charge in [-0.25, -0.2) is 8.42 Å². The van der Waals surface area contributed by atoms with Crippen molar-refractivity contribution in [2.24, 2.45) is 0 Å². The molecular formula is C25H19ClN2O4S. The number of fused-ring (bicyclic) bond motifs is 2. The second-order valence-corrected chi connectivity index (χ2v) is 9.88. The van der Waals surface area contributed by atoms with Crippen molar-refractivity contribution in [1.82, 2.24) is 0 Å². The van der Waals surface area contributed by atoms with Crippen molar-refractivity contribution in [2.45, 2.75) is 11.0 Å². The molecule has 4 aromatic carbocycles. The summed E-state index contributed by atoms with van der Waals surface area (Å²) in [7, 11) is -3.95. The summed E-state index contributed by atoms with van der Waals surface area (Å²) in [5.41, 5.74) is 0.918. The molecule has 6 nitrogen and oxygen atoms in total. The van der Waals surface area contributed by atoms with Crippen molar-refractivity contribution in [2.75, 3.05) is 16.2 Å². The van der Waals surface area contributed by atoms with Gasteiger partial charge in [-0.15, -0.1) is 0 Å². The van der Waals surface area contributed by atoms with Gasteiger partial charge in [-0.05, 0) is 41.8 Å². The molecule has 1 heterocycles. The molecule has 4 aromatic rings. The summed E-state index contributed by atoms with van der Waals surface area (Å²) in [6, 6.07) is 26.0. The van der Waals surface area contributed by atoms with E-state index >= 15 is 0 Å². The van der Waals surface area contributed by atoms with E-state index in [-0.39, 0.29) is 17.2 Å². The minimum Gasteiger partial charge on any atom is -0.476 e. The van der Waals surface area contributed by atoms with E-state index in [1.54, 1.807) is 36.4 Å². The SMILES string of the molecule is O=C(Nc1cccc2ccccc12)C1CN(S(=O)(=O)c2ccccc2)c2cc(Cl)ccc2O1. The number of rotatable bonds is 4. The molecule has 1 atom stereocenters. The number of amides is 1. The van der Waals surface area contributed by atoms with Gasteiger partial charge in [0.1, 0.15) is 5.75 Å². The van der Waals surface area contributed by atoms with E-state index < -0.39 is 22.0 Å².